The average Bonchev–Trinajstić information content (AvgIpc) is 2.89. The number of carbonyl (C=O) groups excluding carboxylic acids is 1. The molecule has 0 spiro atoms. The summed E-state index contributed by atoms with van der Waals surface area (Å²) >= 11 is 3.06. The number of nitrogens with zero attached hydrogens (tertiary/aromatic N) is 1. The summed E-state index contributed by atoms with van der Waals surface area (Å²) in [5.74, 6) is 1.27. The van der Waals surface area contributed by atoms with Gasteiger partial charge in [-0.15, -0.1) is 23.1 Å². The lowest BCUT2D eigenvalue weighted by molar-refractivity contribution is -0.137. The first-order chi connectivity index (χ1) is 11.0. The first-order valence-electron chi connectivity index (χ1n) is 7.72. The van der Waals surface area contributed by atoms with Crippen molar-refractivity contribution in [3.05, 3.63) is 26.6 Å². The van der Waals surface area contributed by atoms with Gasteiger partial charge in [0, 0.05) is 4.88 Å². The van der Waals surface area contributed by atoms with Gasteiger partial charge in [-0.2, -0.15) is 0 Å². The smallest absolute Gasteiger partial charge is 0.315 e. The number of H-pyrrole nitrogens is 1. The molecule has 3 rings (SSSR count). The van der Waals surface area contributed by atoms with Crippen LogP contribution < -0.4 is 5.56 Å². The summed E-state index contributed by atoms with van der Waals surface area (Å²) < 4.78 is 4.65. The van der Waals surface area contributed by atoms with Crippen LogP contribution >= 0.6 is 23.1 Å². The molecular weight excluding hydrogens is 332 g/mol. The third-order valence-electron chi connectivity index (χ3n) is 4.25. The highest BCUT2D eigenvalue weighted by molar-refractivity contribution is 8.00. The molecule has 0 saturated carbocycles. The van der Waals surface area contributed by atoms with Crippen molar-refractivity contribution >= 4 is 39.3 Å². The van der Waals surface area contributed by atoms with E-state index in [1.165, 1.54) is 29.3 Å². The van der Waals surface area contributed by atoms with Crippen molar-refractivity contribution < 1.29 is 9.53 Å². The van der Waals surface area contributed by atoms with Gasteiger partial charge in [0.05, 0.1) is 23.5 Å². The Labute approximate surface area is 142 Å². The molecule has 0 fully saturated rings. The summed E-state index contributed by atoms with van der Waals surface area (Å²) in [6.07, 6.45) is 3.14. The van der Waals surface area contributed by atoms with Crippen LogP contribution in [0.3, 0.4) is 0 Å². The largest absolute Gasteiger partial charge is 0.468 e. The van der Waals surface area contributed by atoms with Gasteiger partial charge in [-0.25, -0.2) is 4.98 Å². The van der Waals surface area contributed by atoms with Gasteiger partial charge in [-0.3, -0.25) is 9.59 Å². The molecule has 5 nitrogen and oxygen atoms in total. The van der Waals surface area contributed by atoms with Gasteiger partial charge in [-0.1, -0.05) is 6.92 Å². The molecule has 124 valence electrons. The van der Waals surface area contributed by atoms with Crippen molar-refractivity contribution in [3.8, 4) is 0 Å². The molecule has 2 unspecified atom stereocenters. The van der Waals surface area contributed by atoms with Crippen molar-refractivity contribution in [2.45, 2.75) is 38.4 Å². The molecule has 0 saturated heterocycles. The minimum atomic E-state index is -0.272. The van der Waals surface area contributed by atoms with Crippen LogP contribution in [0.5, 0.6) is 0 Å². The maximum absolute atomic E-state index is 12.5. The Balaban J connectivity index is 1.92. The SMILES string of the molecule is COC(=O)CSC(C)c1nc2sc3c(c2c(=O)[nH]1)CCC(C)C3. The highest BCUT2D eigenvalue weighted by Gasteiger charge is 2.23. The number of carbonyl (C=O) groups is 1. The normalized spacial score (nSPS) is 18.7. The van der Waals surface area contributed by atoms with Crippen molar-refractivity contribution in [1.82, 2.24) is 9.97 Å². The van der Waals surface area contributed by atoms with E-state index >= 15 is 0 Å². The molecule has 1 N–H and O–H groups in total. The van der Waals surface area contributed by atoms with Gasteiger partial charge in [0.25, 0.3) is 5.56 Å². The lowest BCUT2D eigenvalue weighted by atomic mass is 9.89. The summed E-state index contributed by atoms with van der Waals surface area (Å²) in [5.41, 5.74) is 1.14. The Kier molecular flexibility index (Phi) is 4.77. The summed E-state index contributed by atoms with van der Waals surface area (Å²) in [6.45, 7) is 4.19. The number of nitrogens with one attached hydrogen (secondary N) is 1. The Morgan fingerprint density at radius 2 is 2.35 bits per heavy atom. The summed E-state index contributed by atoms with van der Waals surface area (Å²) in [5, 5.41) is 0.704. The fourth-order valence-corrected chi connectivity index (χ4v) is 5.05. The second-order valence-electron chi connectivity index (χ2n) is 6.01. The number of ether oxygens (including phenoxy) is 1. The van der Waals surface area contributed by atoms with Crippen LogP contribution in [0.1, 0.15) is 41.8 Å². The second kappa shape index (κ2) is 6.65. The Bertz CT molecular complexity index is 796. The number of aromatic amines is 1. The Morgan fingerprint density at radius 3 is 3.09 bits per heavy atom. The van der Waals surface area contributed by atoms with Crippen LogP contribution in [0.2, 0.25) is 0 Å². The van der Waals surface area contributed by atoms with Crippen LogP contribution in [0.15, 0.2) is 4.79 Å². The molecule has 0 radical (unpaired) electrons. The third-order valence-corrected chi connectivity index (χ3v) is 6.52. The Morgan fingerprint density at radius 1 is 1.57 bits per heavy atom. The van der Waals surface area contributed by atoms with Crippen molar-refractivity contribution in [2.75, 3.05) is 12.9 Å². The zero-order valence-corrected chi connectivity index (χ0v) is 15.1. The predicted molar refractivity (Wildman–Crippen MR) is 94.3 cm³/mol. The molecule has 0 aromatic carbocycles. The fraction of sp³-hybridized carbons (Fsp3) is 0.562. The van der Waals surface area contributed by atoms with Crippen LogP contribution in [-0.2, 0) is 22.4 Å². The van der Waals surface area contributed by atoms with Gasteiger partial charge in [0.15, 0.2) is 0 Å². The van der Waals surface area contributed by atoms with E-state index in [1.807, 2.05) is 6.92 Å². The van der Waals surface area contributed by atoms with Crippen LogP contribution in [0, 0.1) is 5.92 Å². The van der Waals surface area contributed by atoms with Gasteiger partial charge < -0.3 is 9.72 Å². The topological polar surface area (TPSA) is 72.0 Å². The van der Waals surface area contributed by atoms with Gasteiger partial charge in [0.2, 0.25) is 0 Å². The molecule has 7 heteroatoms. The van der Waals surface area contributed by atoms with E-state index in [0.29, 0.717) is 11.7 Å². The van der Waals surface area contributed by atoms with Gasteiger partial charge in [-0.05, 0) is 37.7 Å². The lowest BCUT2D eigenvalue weighted by Gasteiger charge is -2.17. The number of aryl methyl sites for hydroxylation is 1. The van der Waals surface area contributed by atoms with E-state index in [4.69, 9.17) is 0 Å². The van der Waals surface area contributed by atoms with Crippen molar-refractivity contribution in [3.63, 3.8) is 0 Å². The number of esters is 1. The number of hydrogen-bond acceptors (Lipinski definition) is 6. The second-order valence-corrected chi connectivity index (χ2v) is 8.43. The van der Waals surface area contributed by atoms with Gasteiger partial charge in [0.1, 0.15) is 10.7 Å². The average molecular weight is 352 g/mol. The first kappa shape index (κ1) is 16.5. The van der Waals surface area contributed by atoms with Crippen LogP contribution in [0.4, 0.5) is 0 Å². The molecule has 0 bridgehead atoms. The number of rotatable bonds is 4. The van der Waals surface area contributed by atoms with Crippen molar-refractivity contribution in [2.24, 2.45) is 5.92 Å². The molecule has 1 aliphatic rings. The zero-order valence-electron chi connectivity index (χ0n) is 13.5. The molecule has 2 atom stereocenters. The molecule has 1 aliphatic carbocycles. The van der Waals surface area contributed by atoms with Crippen LogP contribution in [0.25, 0.3) is 10.2 Å². The molecule has 0 aliphatic heterocycles. The Hall–Kier alpha value is -1.34. The molecule has 23 heavy (non-hydrogen) atoms. The predicted octanol–water partition coefficient (Wildman–Crippen LogP) is 3.08. The molecule has 2 heterocycles. The highest BCUT2D eigenvalue weighted by Crippen LogP contribution is 2.36. The highest BCUT2D eigenvalue weighted by atomic mass is 32.2. The van der Waals surface area contributed by atoms with Gasteiger partial charge >= 0.3 is 5.97 Å². The standard InChI is InChI=1S/C16H20N2O3S2/c1-8-4-5-10-11(6-8)23-16-13(10)15(20)17-14(18-16)9(2)22-7-12(19)21-3/h8-9H,4-7H2,1-3H3,(H,17,18,20). The van der Waals surface area contributed by atoms with E-state index in [1.54, 1.807) is 11.3 Å². The number of methoxy groups -OCH3 is 1. The zero-order chi connectivity index (χ0) is 16.6. The van der Waals surface area contributed by atoms with E-state index < -0.39 is 0 Å². The summed E-state index contributed by atoms with van der Waals surface area (Å²) in [6, 6.07) is 0. The number of thioether (sulfide) groups is 1. The minimum absolute atomic E-state index is 0.0532. The molecule has 2 aromatic rings. The van der Waals surface area contributed by atoms with E-state index in [0.717, 1.165) is 29.5 Å². The van der Waals surface area contributed by atoms with E-state index in [-0.39, 0.29) is 22.5 Å². The van der Waals surface area contributed by atoms with E-state index in [9.17, 15) is 9.59 Å². The number of aromatic nitrogens is 2. The lowest BCUT2D eigenvalue weighted by Crippen LogP contribution is -2.15. The number of hydrogen-bond donors (Lipinski definition) is 1. The molecule has 2 aromatic heterocycles. The monoisotopic (exact) mass is 352 g/mol. The summed E-state index contributed by atoms with van der Waals surface area (Å²) in [4.78, 5) is 33.5. The molecular formula is C16H20N2O3S2. The molecule has 0 amide bonds. The summed E-state index contributed by atoms with van der Waals surface area (Å²) in [7, 11) is 1.37. The minimum Gasteiger partial charge on any atom is -0.468 e. The third kappa shape index (κ3) is 3.30. The van der Waals surface area contributed by atoms with Crippen LogP contribution in [-0.4, -0.2) is 28.8 Å². The maximum atomic E-state index is 12.5. The fourth-order valence-electron chi connectivity index (χ4n) is 2.89. The maximum Gasteiger partial charge on any atom is 0.315 e. The first-order valence-corrected chi connectivity index (χ1v) is 9.59. The number of thiophene rings is 1. The van der Waals surface area contributed by atoms with Crippen molar-refractivity contribution in [1.29, 1.82) is 0 Å². The number of fused-ring (bicyclic) bond motifs is 3. The van der Waals surface area contributed by atoms with E-state index in [2.05, 4.69) is 21.6 Å². The quantitative estimate of drug-likeness (QED) is 0.856.